The first kappa shape index (κ1) is 20.8. The van der Waals surface area contributed by atoms with Crippen LogP contribution in [0.4, 0.5) is 5.69 Å². The lowest BCUT2D eigenvalue weighted by molar-refractivity contribution is 0.0696. The lowest BCUT2D eigenvalue weighted by atomic mass is 10.1. The fourth-order valence-electron chi connectivity index (χ4n) is 2.59. The number of hydrogen-bond donors (Lipinski definition) is 3. The fourth-order valence-corrected chi connectivity index (χ4v) is 3.65. The van der Waals surface area contributed by atoms with Crippen molar-refractivity contribution >= 4 is 33.5 Å². The normalized spacial score (nSPS) is 11.3. The van der Waals surface area contributed by atoms with E-state index in [0.29, 0.717) is 11.1 Å². The number of sulfonamides is 1. The minimum Gasteiger partial charge on any atom is -0.508 e. The summed E-state index contributed by atoms with van der Waals surface area (Å²) in [5.41, 5.74) is 1.21. The molecule has 30 heavy (non-hydrogen) atoms. The van der Waals surface area contributed by atoms with E-state index in [1.54, 1.807) is 18.2 Å². The van der Waals surface area contributed by atoms with Gasteiger partial charge in [-0.1, -0.05) is 18.2 Å². The number of ketones is 1. The monoisotopic (exact) mass is 423 g/mol. The summed E-state index contributed by atoms with van der Waals surface area (Å²) in [5.74, 6) is -1.34. The summed E-state index contributed by atoms with van der Waals surface area (Å²) in [6.07, 6.45) is 2.88. The zero-order valence-corrected chi connectivity index (χ0v) is 16.3. The largest absolute Gasteiger partial charge is 0.508 e. The number of phenols is 1. The molecule has 0 spiro atoms. The number of carboxylic acid groups (broad SMARTS) is 1. The van der Waals surface area contributed by atoms with E-state index in [1.165, 1.54) is 66.7 Å². The molecule has 8 heteroatoms. The average Bonchev–Trinajstić information content (AvgIpc) is 2.72. The van der Waals surface area contributed by atoms with Crippen LogP contribution in [0.3, 0.4) is 0 Å². The highest BCUT2D eigenvalue weighted by atomic mass is 32.2. The first-order valence-electron chi connectivity index (χ1n) is 8.72. The molecule has 3 aromatic carbocycles. The summed E-state index contributed by atoms with van der Waals surface area (Å²) < 4.78 is 27.3. The number of phenolic OH excluding ortho intramolecular Hbond substituents is 1. The van der Waals surface area contributed by atoms with Gasteiger partial charge in [-0.25, -0.2) is 13.2 Å². The number of hydrogen-bond acceptors (Lipinski definition) is 5. The van der Waals surface area contributed by atoms with Gasteiger partial charge in [-0.3, -0.25) is 9.52 Å². The van der Waals surface area contributed by atoms with Gasteiger partial charge >= 0.3 is 5.97 Å². The zero-order valence-electron chi connectivity index (χ0n) is 15.5. The number of anilines is 1. The van der Waals surface area contributed by atoms with E-state index in [1.807, 2.05) is 0 Å². The Hall–Kier alpha value is -3.91. The number of carboxylic acids is 1. The third-order valence-electron chi connectivity index (χ3n) is 4.13. The lowest BCUT2D eigenvalue weighted by Gasteiger charge is -2.08. The Labute approximate surface area is 173 Å². The third kappa shape index (κ3) is 5.12. The molecule has 0 atom stereocenters. The van der Waals surface area contributed by atoms with Gasteiger partial charge < -0.3 is 10.2 Å². The molecule has 0 aliphatic rings. The second kappa shape index (κ2) is 8.62. The summed E-state index contributed by atoms with van der Waals surface area (Å²) in [4.78, 5) is 23.1. The predicted octanol–water partition coefficient (Wildman–Crippen LogP) is 3.79. The van der Waals surface area contributed by atoms with Crippen molar-refractivity contribution in [3.05, 3.63) is 95.6 Å². The van der Waals surface area contributed by atoms with Gasteiger partial charge in [0.05, 0.1) is 10.5 Å². The van der Waals surface area contributed by atoms with Gasteiger partial charge in [-0.05, 0) is 72.3 Å². The highest BCUT2D eigenvalue weighted by Crippen LogP contribution is 2.18. The van der Waals surface area contributed by atoms with Crippen LogP contribution in [0.1, 0.15) is 26.3 Å². The molecule has 3 rings (SSSR count). The Morgan fingerprint density at radius 3 is 2.10 bits per heavy atom. The molecule has 3 aromatic rings. The summed E-state index contributed by atoms with van der Waals surface area (Å²) in [6, 6.07) is 17.1. The van der Waals surface area contributed by atoms with Crippen molar-refractivity contribution in [3.8, 4) is 5.75 Å². The van der Waals surface area contributed by atoms with E-state index in [9.17, 15) is 23.1 Å². The number of nitrogens with one attached hydrogen (secondary N) is 1. The Morgan fingerprint density at radius 1 is 0.867 bits per heavy atom. The molecule has 0 amide bonds. The summed E-state index contributed by atoms with van der Waals surface area (Å²) >= 11 is 0. The number of carbonyl (C=O) groups excluding carboxylic acids is 1. The molecule has 0 heterocycles. The van der Waals surface area contributed by atoms with Crippen LogP contribution >= 0.6 is 0 Å². The van der Waals surface area contributed by atoms with Gasteiger partial charge in [0.1, 0.15) is 5.75 Å². The van der Waals surface area contributed by atoms with Gasteiger partial charge in [0, 0.05) is 11.3 Å². The molecule has 7 nitrogen and oxygen atoms in total. The van der Waals surface area contributed by atoms with E-state index < -0.39 is 16.0 Å². The predicted molar refractivity (Wildman–Crippen MR) is 112 cm³/mol. The first-order valence-corrected chi connectivity index (χ1v) is 10.2. The topological polar surface area (TPSA) is 121 Å². The molecule has 0 radical (unpaired) electrons. The van der Waals surface area contributed by atoms with Crippen molar-refractivity contribution in [3.63, 3.8) is 0 Å². The van der Waals surface area contributed by atoms with Gasteiger partial charge in [-0.2, -0.15) is 0 Å². The number of allylic oxidation sites excluding steroid dienone is 1. The van der Waals surface area contributed by atoms with E-state index >= 15 is 0 Å². The van der Waals surface area contributed by atoms with E-state index in [0.717, 1.165) is 0 Å². The minimum absolute atomic E-state index is 0.0413. The van der Waals surface area contributed by atoms with E-state index in [4.69, 9.17) is 5.11 Å². The summed E-state index contributed by atoms with van der Waals surface area (Å²) in [5, 5.41) is 18.3. The molecule has 0 aliphatic carbocycles. The van der Waals surface area contributed by atoms with Crippen LogP contribution in [0, 0.1) is 0 Å². The molecule has 0 fully saturated rings. The Balaban J connectivity index is 1.72. The molecular weight excluding hydrogens is 406 g/mol. The van der Waals surface area contributed by atoms with Crippen LogP contribution in [0.5, 0.6) is 5.75 Å². The molecule has 152 valence electrons. The van der Waals surface area contributed by atoms with E-state index in [-0.39, 0.29) is 27.7 Å². The minimum atomic E-state index is -3.90. The number of aromatic hydroxyl groups is 1. The molecular formula is C22H17NO6S. The van der Waals surface area contributed by atoms with Crippen LogP contribution < -0.4 is 4.72 Å². The second-order valence-electron chi connectivity index (χ2n) is 6.30. The summed E-state index contributed by atoms with van der Waals surface area (Å²) in [7, 11) is -3.90. The maximum atomic E-state index is 12.5. The second-order valence-corrected chi connectivity index (χ2v) is 7.99. The number of benzene rings is 3. The lowest BCUT2D eigenvalue weighted by Crippen LogP contribution is -2.13. The number of rotatable bonds is 7. The van der Waals surface area contributed by atoms with E-state index in [2.05, 4.69) is 4.72 Å². The Kier molecular flexibility index (Phi) is 5.98. The zero-order chi connectivity index (χ0) is 21.7. The van der Waals surface area contributed by atoms with Crippen LogP contribution in [-0.4, -0.2) is 30.4 Å². The van der Waals surface area contributed by atoms with Gasteiger partial charge in [0.25, 0.3) is 10.0 Å². The standard InChI is InChI=1S/C22H17NO6S/c24-19-3-1-2-15(14-19)4-13-21(25)16-7-11-20(12-8-16)30(28,29)23-18-9-5-17(6-10-18)22(26)27/h1-14,23-24H,(H,26,27)/b13-4+. The number of carbonyl (C=O) groups is 2. The van der Waals surface area contributed by atoms with Crippen molar-refractivity contribution in [2.75, 3.05) is 4.72 Å². The van der Waals surface area contributed by atoms with Crippen LogP contribution in [0.2, 0.25) is 0 Å². The molecule has 0 bridgehead atoms. The van der Waals surface area contributed by atoms with Gasteiger partial charge in [-0.15, -0.1) is 0 Å². The quantitative estimate of drug-likeness (QED) is 0.393. The first-order chi connectivity index (χ1) is 14.2. The van der Waals surface area contributed by atoms with Crippen molar-refractivity contribution in [2.45, 2.75) is 4.90 Å². The van der Waals surface area contributed by atoms with Crippen LogP contribution in [0.25, 0.3) is 6.08 Å². The molecule has 0 aromatic heterocycles. The van der Waals surface area contributed by atoms with Crippen molar-refractivity contribution < 1.29 is 28.2 Å². The molecule has 0 saturated heterocycles. The van der Waals surface area contributed by atoms with Crippen molar-refractivity contribution in [1.29, 1.82) is 0 Å². The van der Waals surface area contributed by atoms with Crippen LogP contribution in [-0.2, 0) is 10.0 Å². The summed E-state index contributed by atoms with van der Waals surface area (Å²) in [6.45, 7) is 0. The van der Waals surface area contributed by atoms with Gasteiger partial charge in [0.2, 0.25) is 0 Å². The smallest absolute Gasteiger partial charge is 0.335 e. The fraction of sp³-hybridized carbons (Fsp3) is 0. The molecule has 3 N–H and O–H groups in total. The molecule has 0 unspecified atom stereocenters. The highest BCUT2D eigenvalue weighted by molar-refractivity contribution is 7.92. The SMILES string of the molecule is O=C(O)c1ccc(NS(=O)(=O)c2ccc(C(=O)/C=C/c3cccc(O)c3)cc2)cc1. The maximum absolute atomic E-state index is 12.5. The van der Waals surface area contributed by atoms with Crippen molar-refractivity contribution in [1.82, 2.24) is 0 Å². The molecule has 0 saturated carbocycles. The van der Waals surface area contributed by atoms with Crippen LogP contribution in [0.15, 0.2) is 83.8 Å². The third-order valence-corrected chi connectivity index (χ3v) is 5.53. The van der Waals surface area contributed by atoms with Crippen molar-refractivity contribution in [2.24, 2.45) is 0 Å². The molecule has 0 aliphatic heterocycles. The highest BCUT2D eigenvalue weighted by Gasteiger charge is 2.15. The Morgan fingerprint density at radius 2 is 1.50 bits per heavy atom. The maximum Gasteiger partial charge on any atom is 0.335 e. The number of aromatic carboxylic acids is 1. The van der Waals surface area contributed by atoms with Gasteiger partial charge in [0.15, 0.2) is 5.78 Å². The Bertz CT molecular complexity index is 1210. The average molecular weight is 423 g/mol.